The van der Waals surface area contributed by atoms with E-state index in [4.69, 9.17) is 34.4 Å². The van der Waals surface area contributed by atoms with E-state index in [0.29, 0.717) is 66.1 Å². The van der Waals surface area contributed by atoms with Crippen LogP contribution in [0, 0.1) is 12.3 Å². The molecule has 0 N–H and O–H groups in total. The predicted molar refractivity (Wildman–Crippen MR) is 87.8 cm³/mol. The molecule has 0 atom stereocenters. The van der Waals surface area contributed by atoms with Crippen molar-refractivity contribution in [2.75, 3.05) is 72.2 Å². The average Bonchev–Trinajstić information content (AvgIpc) is 2.52. The van der Waals surface area contributed by atoms with Crippen molar-refractivity contribution in [1.82, 2.24) is 0 Å². The van der Waals surface area contributed by atoms with Crippen molar-refractivity contribution >= 4 is 7.60 Å². The Morgan fingerprint density at radius 2 is 1.22 bits per heavy atom. The summed E-state index contributed by atoms with van der Waals surface area (Å²) < 4.78 is 43.5. The second-order valence-electron chi connectivity index (χ2n) is 4.26. The minimum atomic E-state index is -3.01. The molecule has 0 fully saturated rings. The van der Waals surface area contributed by atoms with Crippen molar-refractivity contribution in [1.29, 1.82) is 0 Å². The van der Waals surface area contributed by atoms with Crippen LogP contribution in [0.15, 0.2) is 0 Å². The average molecular weight is 352 g/mol. The maximum absolute atomic E-state index is 12.1. The van der Waals surface area contributed by atoms with E-state index < -0.39 is 7.60 Å². The number of terminal acetylenes is 1. The van der Waals surface area contributed by atoms with Gasteiger partial charge in [-0.2, -0.15) is 0 Å². The first kappa shape index (κ1) is 22.6. The molecule has 0 aromatic heterocycles. The summed E-state index contributed by atoms with van der Waals surface area (Å²) in [5.41, 5.74) is 0. The molecule has 0 aliphatic heterocycles. The summed E-state index contributed by atoms with van der Waals surface area (Å²) in [5, 5.41) is 0. The van der Waals surface area contributed by atoms with E-state index in [9.17, 15) is 4.57 Å². The SMILES string of the molecule is C#CCOCCOCCOCCOCCP(=O)(OCC)OCC. The fourth-order valence-corrected chi connectivity index (χ4v) is 3.00. The standard InChI is InChI=1S/C15H29O7P/c1-4-7-17-8-9-18-10-11-19-12-13-20-14-15-23(16,21-5-2)22-6-3/h1H,5-15H2,2-3H3. The molecule has 0 saturated heterocycles. The van der Waals surface area contributed by atoms with Gasteiger partial charge in [0.05, 0.1) is 65.6 Å². The zero-order valence-corrected chi connectivity index (χ0v) is 15.1. The number of hydrogen-bond donors (Lipinski definition) is 0. The van der Waals surface area contributed by atoms with Crippen LogP contribution in [0.5, 0.6) is 0 Å². The molecule has 0 saturated carbocycles. The normalized spacial score (nSPS) is 11.5. The van der Waals surface area contributed by atoms with Crippen molar-refractivity contribution in [3.8, 4) is 12.3 Å². The van der Waals surface area contributed by atoms with Crippen LogP contribution in [0.2, 0.25) is 0 Å². The zero-order chi connectivity index (χ0) is 17.2. The zero-order valence-electron chi connectivity index (χ0n) is 14.2. The number of hydrogen-bond acceptors (Lipinski definition) is 7. The molecule has 0 unspecified atom stereocenters. The lowest BCUT2D eigenvalue weighted by Crippen LogP contribution is -2.13. The highest BCUT2D eigenvalue weighted by atomic mass is 31.2. The molecule has 8 heteroatoms. The fourth-order valence-electron chi connectivity index (χ4n) is 1.53. The Morgan fingerprint density at radius 3 is 1.65 bits per heavy atom. The highest BCUT2D eigenvalue weighted by molar-refractivity contribution is 7.53. The molecule has 0 rings (SSSR count). The summed E-state index contributed by atoms with van der Waals surface area (Å²) in [6, 6.07) is 0. The van der Waals surface area contributed by atoms with Crippen molar-refractivity contribution < 1.29 is 32.6 Å². The lowest BCUT2D eigenvalue weighted by atomic mass is 10.7. The molecule has 0 aliphatic carbocycles. The van der Waals surface area contributed by atoms with Gasteiger partial charge in [0, 0.05) is 0 Å². The Hall–Kier alpha value is -0.450. The second-order valence-corrected chi connectivity index (χ2v) is 6.45. The Bertz CT molecular complexity index is 333. The first-order valence-corrected chi connectivity index (χ1v) is 9.54. The fraction of sp³-hybridized carbons (Fsp3) is 0.867. The van der Waals surface area contributed by atoms with Gasteiger partial charge in [0.1, 0.15) is 6.61 Å². The Labute approximate surface area is 139 Å². The van der Waals surface area contributed by atoms with Crippen LogP contribution in [-0.2, 0) is 32.6 Å². The molecule has 0 spiro atoms. The maximum atomic E-state index is 12.1. The predicted octanol–water partition coefficient (Wildman–Crippen LogP) is 1.95. The van der Waals surface area contributed by atoms with Crippen LogP contribution in [0.25, 0.3) is 0 Å². The quantitative estimate of drug-likeness (QED) is 0.225. The molecular formula is C15H29O7P. The molecular weight excluding hydrogens is 323 g/mol. The van der Waals surface area contributed by atoms with Crippen LogP contribution >= 0.6 is 7.60 Å². The lowest BCUT2D eigenvalue weighted by Gasteiger charge is -2.16. The highest BCUT2D eigenvalue weighted by Gasteiger charge is 2.22. The molecule has 23 heavy (non-hydrogen) atoms. The van der Waals surface area contributed by atoms with Crippen LogP contribution < -0.4 is 0 Å². The third-order valence-corrected chi connectivity index (χ3v) is 4.50. The van der Waals surface area contributed by atoms with E-state index in [0.717, 1.165) is 0 Å². The highest BCUT2D eigenvalue weighted by Crippen LogP contribution is 2.47. The van der Waals surface area contributed by atoms with Gasteiger partial charge in [-0.3, -0.25) is 4.57 Å². The Balaban J connectivity index is 3.36. The van der Waals surface area contributed by atoms with E-state index in [1.165, 1.54) is 0 Å². The van der Waals surface area contributed by atoms with E-state index >= 15 is 0 Å². The first-order chi connectivity index (χ1) is 11.2. The monoisotopic (exact) mass is 352 g/mol. The smallest absolute Gasteiger partial charge is 0.332 e. The van der Waals surface area contributed by atoms with Crippen molar-refractivity contribution in [3.05, 3.63) is 0 Å². The summed E-state index contributed by atoms with van der Waals surface area (Å²) in [5.74, 6) is 2.38. The Kier molecular flexibility index (Phi) is 16.1. The summed E-state index contributed by atoms with van der Waals surface area (Å²) in [6.45, 7) is 7.70. The topological polar surface area (TPSA) is 72.5 Å². The lowest BCUT2D eigenvalue weighted by molar-refractivity contribution is 0.00264. The van der Waals surface area contributed by atoms with Gasteiger partial charge in [0.2, 0.25) is 0 Å². The minimum Gasteiger partial charge on any atom is -0.378 e. The van der Waals surface area contributed by atoms with Gasteiger partial charge >= 0.3 is 7.60 Å². The molecule has 0 heterocycles. The van der Waals surface area contributed by atoms with Gasteiger partial charge in [-0.1, -0.05) is 5.92 Å². The summed E-state index contributed by atoms with van der Waals surface area (Å²) >= 11 is 0. The third-order valence-electron chi connectivity index (χ3n) is 2.46. The molecule has 0 bridgehead atoms. The van der Waals surface area contributed by atoms with E-state index in [1.54, 1.807) is 13.8 Å². The van der Waals surface area contributed by atoms with Crippen LogP contribution in [-0.4, -0.2) is 72.2 Å². The minimum absolute atomic E-state index is 0.245. The number of rotatable bonds is 17. The molecule has 0 aromatic carbocycles. The van der Waals surface area contributed by atoms with E-state index in [2.05, 4.69) is 5.92 Å². The molecule has 0 amide bonds. The van der Waals surface area contributed by atoms with Gasteiger partial charge in [0.25, 0.3) is 0 Å². The van der Waals surface area contributed by atoms with Crippen molar-refractivity contribution in [3.63, 3.8) is 0 Å². The van der Waals surface area contributed by atoms with Gasteiger partial charge in [-0.25, -0.2) is 0 Å². The molecule has 7 nitrogen and oxygen atoms in total. The summed E-state index contributed by atoms with van der Waals surface area (Å²) in [7, 11) is -3.01. The van der Waals surface area contributed by atoms with Crippen molar-refractivity contribution in [2.45, 2.75) is 13.8 Å². The van der Waals surface area contributed by atoms with Crippen LogP contribution in [0.3, 0.4) is 0 Å². The van der Waals surface area contributed by atoms with Gasteiger partial charge < -0.3 is 28.0 Å². The molecule has 0 radical (unpaired) electrons. The first-order valence-electron chi connectivity index (χ1n) is 7.81. The second kappa shape index (κ2) is 16.4. The van der Waals surface area contributed by atoms with E-state index in [1.807, 2.05) is 0 Å². The summed E-state index contributed by atoms with van der Waals surface area (Å²) in [6.07, 6.45) is 5.28. The largest absolute Gasteiger partial charge is 0.378 e. The molecule has 0 aliphatic rings. The number of ether oxygens (including phenoxy) is 4. The van der Waals surface area contributed by atoms with Crippen LogP contribution in [0.1, 0.15) is 13.8 Å². The third kappa shape index (κ3) is 14.9. The van der Waals surface area contributed by atoms with E-state index in [-0.39, 0.29) is 6.16 Å². The van der Waals surface area contributed by atoms with Gasteiger partial charge in [-0.15, -0.1) is 6.42 Å². The molecule has 0 aromatic rings. The van der Waals surface area contributed by atoms with Crippen molar-refractivity contribution in [2.24, 2.45) is 0 Å². The molecule has 136 valence electrons. The Morgan fingerprint density at radius 1 is 0.783 bits per heavy atom. The van der Waals surface area contributed by atoms with Crippen LogP contribution in [0.4, 0.5) is 0 Å². The summed E-state index contributed by atoms with van der Waals surface area (Å²) in [4.78, 5) is 0. The maximum Gasteiger partial charge on any atom is 0.332 e. The van der Waals surface area contributed by atoms with Gasteiger partial charge in [-0.05, 0) is 13.8 Å². The van der Waals surface area contributed by atoms with Gasteiger partial charge in [0.15, 0.2) is 0 Å².